The van der Waals surface area contributed by atoms with Crippen LogP contribution in [0.25, 0.3) is 0 Å². The van der Waals surface area contributed by atoms with Crippen molar-refractivity contribution in [2.24, 2.45) is 5.41 Å². The minimum Gasteiger partial charge on any atom is -0.303 e. The molecule has 1 aromatic rings. The van der Waals surface area contributed by atoms with Gasteiger partial charge in [0.25, 0.3) is 0 Å². The van der Waals surface area contributed by atoms with Gasteiger partial charge in [0, 0.05) is 21.6 Å². The van der Waals surface area contributed by atoms with Gasteiger partial charge in [-0.05, 0) is 31.0 Å². The summed E-state index contributed by atoms with van der Waals surface area (Å²) in [6, 6.07) is 4.16. The predicted molar refractivity (Wildman–Crippen MR) is 90.1 cm³/mol. The van der Waals surface area contributed by atoms with Crippen molar-refractivity contribution in [2.45, 2.75) is 57.3 Å². The second-order valence-electron chi connectivity index (χ2n) is 5.78. The van der Waals surface area contributed by atoms with Gasteiger partial charge in [0.15, 0.2) is 6.29 Å². The first-order valence-electron chi connectivity index (χ1n) is 7.94. The summed E-state index contributed by atoms with van der Waals surface area (Å²) in [4.78, 5) is 23.4. The van der Waals surface area contributed by atoms with Crippen molar-refractivity contribution < 1.29 is 14.0 Å². The van der Waals surface area contributed by atoms with Gasteiger partial charge >= 0.3 is 0 Å². The highest BCUT2D eigenvalue weighted by atomic mass is 32.2. The number of halogens is 1. The Kier molecular flexibility index (Phi) is 8.39. The number of aldehydes is 2. The van der Waals surface area contributed by atoms with Gasteiger partial charge in [-0.3, -0.25) is 4.79 Å². The second-order valence-corrected chi connectivity index (χ2v) is 6.79. The minimum atomic E-state index is -0.372. The molecule has 122 valence electrons. The van der Waals surface area contributed by atoms with E-state index in [4.69, 9.17) is 0 Å². The molecule has 0 aliphatic heterocycles. The zero-order valence-electron chi connectivity index (χ0n) is 13.4. The van der Waals surface area contributed by atoms with E-state index in [1.165, 1.54) is 30.0 Å². The number of benzene rings is 1. The molecule has 1 rings (SSSR count). The van der Waals surface area contributed by atoms with Crippen LogP contribution in [0.5, 0.6) is 0 Å². The number of thioether (sulfide) groups is 1. The second kappa shape index (κ2) is 9.78. The molecule has 0 saturated carbocycles. The lowest BCUT2D eigenvalue weighted by atomic mass is 9.81. The highest BCUT2D eigenvalue weighted by molar-refractivity contribution is 7.99. The van der Waals surface area contributed by atoms with Crippen LogP contribution >= 0.6 is 11.8 Å². The Morgan fingerprint density at radius 1 is 1.14 bits per heavy atom. The number of hydrogen-bond donors (Lipinski definition) is 0. The molecule has 0 aliphatic rings. The summed E-state index contributed by atoms with van der Waals surface area (Å²) >= 11 is 1.42. The van der Waals surface area contributed by atoms with Crippen LogP contribution in [0.3, 0.4) is 0 Å². The average molecular weight is 324 g/mol. The van der Waals surface area contributed by atoms with Crippen molar-refractivity contribution in [3.8, 4) is 0 Å². The van der Waals surface area contributed by atoms with Crippen molar-refractivity contribution in [1.29, 1.82) is 0 Å². The maximum Gasteiger partial charge on any atom is 0.151 e. The number of hydrogen-bond acceptors (Lipinski definition) is 3. The molecule has 0 radical (unpaired) electrons. The van der Waals surface area contributed by atoms with Crippen LogP contribution in [0.1, 0.15) is 62.7 Å². The maximum absolute atomic E-state index is 13.4. The first kappa shape index (κ1) is 18.9. The highest BCUT2D eigenvalue weighted by Crippen LogP contribution is 2.36. The quantitative estimate of drug-likeness (QED) is 0.409. The lowest BCUT2D eigenvalue weighted by Gasteiger charge is -2.28. The number of rotatable bonds is 11. The van der Waals surface area contributed by atoms with E-state index < -0.39 is 0 Å². The summed E-state index contributed by atoms with van der Waals surface area (Å²) in [5.41, 5.74) is 0.112. The zero-order valence-corrected chi connectivity index (χ0v) is 14.3. The largest absolute Gasteiger partial charge is 0.303 e. The fourth-order valence-corrected chi connectivity index (χ4v) is 3.71. The molecule has 0 fully saturated rings. The third-order valence-corrected chi connectivity index (χ3v) is 5.31. The third-order valence-electron chi connectivity index (χ3n) is 3.92. The van der Waals surface area contributed by atoms with E-state index in [1.54, 1.807) is 0 Å². The summed E-state index contributed by atoms with van der Waals surface area (Å²) < 4.78 is 13.4. The molecule has 1 aromatic carbocycles. The van der Waals surface area contributed by atoms with Crippen LogP contribution in [0, 0.1) is 11.2 Å². The Morgan fingerprint density at radius 2 is 1.77 bits per heavy atom. The molecule has 0 N–H and O–H groups in total. The van der Waals surface area contributed by atoms with Crippen LogP contribution in [0.4, 0.5) is 4.39 Å². The SMILES string of the molecule is CCCCC(C=O)(CCCC)CSc1cc(F)ccc1C=O. The van der Waals surface area contributed by atoms with Crippen LogP contribution in [-0.2, 0) is 4.79 Å². The Hall–Kier alpha value is -1.16. The van der Waals surface area contributed by atoms with Crippen LogP contribution in [0.15, 0.2) is 23.1 Å². The van der Waals surface area contributed by atoms with E-state index in [1.807, 2.05) is 0 Å². The van der Waals surface area contributed by atoms with Gasteiger partial charge in [-0.2, -0.15) is 0 Å². The van der Waals surface area contributed by atoms with E-state index in [0.717, 1.165) is 51.1 Å². The van der Waals surface area contributed by atoms with E-state index in [9.17, 15) is 14.0 Å². The summed E-state index contributed by atoms with van der Waals surface area (Å²) in [6.45, 7) is 4.22. The lowest BCUT2D eigenvalue weighted by molar-refractivity contribution is -0.116. The number of unbranched alkanes of at least 4 members (excludes halogenated alkanes) is 2. The molecule has 4 heteroatoms. The van der Waals surface area contributed by atoms with Crippen LogP contribution in [0.2, 0.25) is 0 Å². The molecule has 0 bridgehead atoms. The van der Waals surface area contributed by atoms with Crippen LogP contribution in [-0.4, -0.2) is 18.3 Å². The normalized spacial score (nSPS) is 11.4. The molecule has 2 nitrogen and oxygen atoms in total. The number of carbonyl (C=O) groups excluding carboxylic acids is 2. The van der Waals surface area contributed by atoms with E-state index >= 15 is 0 Å². The monoisotopic (exact) mass is 324 g/mol. The van der Waals surface area contributed by atoms with Gasteiger partial charge in [0.2, 0.25) is 0 Å². The smallest absolute Gasteiger partial charge is 0.151 e. The summed E-state index contributed by atoms with van der Waals surface area (Å²) in [7, 11) is 0. The van der Waals surface area contributed by atoms with Gasteiger partial charge in [-0.15, -0.1) is 11.8 Å². The molecule has 0 aliphatic carbocycles. The predicted octanol–water partition coefficient (Wildman–Crippen LogP) is 5.30. The molecule has 0 amide bonds. The van der Waals surface area contributed by atoms with Crippen LogP contribution < -0.4 is 0 Å². The molecule has 0 aromatic heterocycles. The number of carbonyl (C=O) groups is 2. The van der Waals surface area contributed by atoms with Crippen molar-refractivity contribution >= 4 is 24.3 Å². The molecule has 0 saturated heterocycles. The van der Waals surface area contributed by atoms with Gasteiger partial charge < -0.3 is 4.79 Å². The topological polar surface area (TPSA) is 34.1 Å². The van der Waals surface area contributed by atoms with Gasteiger partial charge in [0.1, 0.15) is 12.1 Å². The van der Waals surface area contributed by atoms with Crippen molar-refractivity contribution in [1.82, 2.24) is 0 Å². The van der Waals surface area contributed by atoms with Gasteiger partial charge in [-0.1, -0.05) is 39.5 Å². The minimum absolute atomic E-state index is 0.355. The van der Waals surface area contributed by atoms with Crippen molar-refractivity contribution in [3.05, 3.63) is 29.6 Å². The van der Waals surface area contributed by atoms with Crippen molar-refractivity contribution in [2.75, 3.05) is 5.75 Å². The molecular formula is C18H25FO2S. The fourth-order valence-electron chi connectivity index (χ4n) is 2.43. The summed E-state index contributed by atoms with van der Waals surface area (Å²) in [5, 5.41) is 0. The highest BCUT2D eigenvalue weighted by Gasteiger charge is 2.29. The van der Waals surface area contributed by atoms with E-state index in [0.29, 0.717) is 16.2 Å². The van der Waals surface area contributed by atoms with E-state index in [-0.39, 0.29) is 11.2 Å². The lowest BCUT2D eigenvalue weighted by Crippen LogP contribution is -2.26. The Morgan fingerprint density at radius 3 is 2.27 bits per heavy atom. The van der Waals surface area contributed by atoms with E-state index in [2.05, 4.69) is 13.8 Å². The third kappa shape index (κ3) is 5.56. The fraction of sp³-hybridized carbons (Fsp3) is 0.556. The van der Waals surface area contributed by atoms with Gasteiger partial charge in [-0.25, -0.2) is 4.39 Å². The standard InChI is InChI=1S/C18H25FO2S/c1-3-5-9-18(13-21,10-6-4-2)14-22-17-11-16(19)8-7-15(17)12-20/h7-8,11-13H,3-6,9-10,14H2,1-2H3. The Bertz CT molecular complexity index is 480. The van der Waals surface area contributed by atoms with Gasteiger partial charge in [0.05, 0.1) is 0 Å². The van der Waals surface area contributed by atoms with Crippen molar-refractivity contribution in [3.63, 3.8) is 0 Å². The molecule has 0 unspecified atom stereocenters. The zero-order chi connectivity index (χ0) is 16.4. The first-order valence-corrected chi connectivity index (χ1v) is 8.93. The average Bonchev–Trinajstić information content (AvgIpc) is 2.55. The molecule has 22 heavy (non-hydrogen) atoms. The molecule has 0 spiro atoms. The first-order chi connectivity index (χ1) is 10.6. The Balaban J connectivity index is 2.87. The summed E-state index contributed by atoms with van der Waals surface area (Å²) in [5.74, 6) is 0.243. The summed E-state index contributed by atoms with van der Waals surface area (Å²) in [6.07, 6.45) is 7.63. The molecule has 0 atom stereocenters. The molecule has 0 heterocycles. The maximum atomic E-state index is 13.4. The molecular weight excluding hydrogens is 299 g/mol. The Labute approximate surface area is 136 Å².